The van der Waals surface area contributed by atoms with Crippen LogP contribution in [-0.2, 0) is 9.59 Å². The highest BCUT2D eigenvalue weighted by Gasteiger charge is 2.36. The lowest BCUT2D eigenvalue weighted by molar-refractivity contribution is -0.135. The Morgan fingerprint density at radius 1 is 1.37 bits per heavy atom. The van der Waals surface area contributed by atoms with Gasteiger partial charge < -0.3 is 15.5 Å². The van der Waals surface area contributed by atoms with E-state index in [2.05, 4.69) is 10.6 Å². The first-order chi connectivity index (χ1) is 8.50. The van der Waals surface area contributed by atoms with E-state index in [0.717, 1.165) is 26.1 Å². The number of carbonyl (C=O) groups is 2. The maximum absolute atomic E-state index is 12.1. The smallest absolute Gasteiger partial charge is 0.245 e. The molecule has 0 saturated carbocycles. The number of rotatable bonds is 4. The van der Waals surface area contributed by atoms with E-state index in [1.165, 1.54) is 0 Å². The Kier molecular flexibility index (Phi) is 5.62. The van der Waals surface area contributed by atoms with Gasteiger partial charge in [-0.3, -0.25) is 9.59 Å². The molecule has 0 aromatic carbocycles. The Morgan fingerprint density at radius 2 is 2.00 bits per heavy atom. The van der Waals surface area contributed by atoms with Gasteiger partial charge in [-0.05, 0) is 39.3 Å². The maximum Gasteiger partial charge on any atom is 0.245 e. The summed E-state index contributed by atoms with van der Waals surface area (Å²) < 4.78 is 0. The average Bonchev–Trinajstić information content (AvgIpc) is 2.58. The molecule has 19 heavy (non-hydrogen) atoms. The number of carbonyl (C=O) groups excluding carboxylic acids is 2. The topological polar surface area (TPSA) is 61.4 Å². The highest BCUT2D eigenvalue weighted by Crippen LogP contribution is 2.18. The fourth-order valence-corrected chi connectivity index (χ4v) is 2.53. The molecule has 2 N–H and O–H groups in total. The SMILES string of the molecule is CC(C(=O)NC1CCN(C(C)C)C1=O)C1CNC1.Cl. The molecule has 110 valence electrons. The van der Waals surface area contributed by atoms with Crippen LogP contribution >= 0.6 is 12.4 Å². The standard InChI is InChI=1S/C13H23N3O2.ClH/c1-8(2)16-5-4-11(13(16)18)15-12(17)9(3)10-6-14-7-10;/h8-11,14H,4-7H2,1-3H3,(H,15,17);1H. The molecular weight excluding hydrogens is 266 g/mol. The number of nitrogens with zero attached hydrogens (tertiary/aromatic N) is 1. The maximum atomic E-state index is 12.1. The number of nitrogens with one attached hydrogen (secondary N) is 2. The Labute approximate surface area is 120 Å². The van der Waals surface area contributed by atoms with Crippen LogP contribution in [-0.4, -0.2) is 48.4 Å². The number of halogens is 1. The first-order valence-electron chi connectivity index (χ1n) is 6.82. The minimum absolute atomic E-state index is 0. The van der Waals surface area contributed by atoms with E-state index in [0.29, 0.717) is 5.92 Å². The van der Waals surface area contributed by atoms with Crippen molar-refractivity contribution in [1.29, 1.82) is 0 Å². The van der Waals surface area contributed by atoms with Crippen LogP contribution < -0.4 is 10.6 Å². The summed E-state index contributed by atoms with van der Waals surface area (Å²) in [4.78, 5) is 25.9. The molecule has 2 amide bonds. The third kappa shape index (κ3) is 3.39. The normalized spacial score (nSPS) is 24.9. The predicted molar refractivity (Wildman–Crippen MR) is 76.2 cm³/mol. The summed E-state index contributed by atoms with van der Waals surface area (Å²) in [5.74, 6) is 0.498. The Bertz CT molecular complexity index is 345. The summed E-state index contributed by atoms with van der Waals surface area (Å²) in [6, 6.07) is -0.0944. The highest BCUT2D eigenvalue weighted by molar-refractivity contribution is 5.90. The summed E-state index contributed by atoms with van der Waals surface area (Å²) >= 11 is 0. The zero-order chi connectivity index (χ0) is 13.3. The van der Waals surface area contributed by atoms with E-state index in [4.69, 9.17) is 0 Å². The number of amides is 2. The molecule has 2 unspecified atom stereocenters. The summed E-state index contributed by atoms with van der Waals surface area (Å²) in [5.41, 5.74) is 0. The van der Waals surface area contributed by atoms with Crippen LogP contribution in [0.15, 0.2) is 0 Å². The number of hydrogen-bond donors (Lipinski definition) is 2. The summed E-state index contributed by atoms with van der Waals surface area (Å²) in [5, 5.41) is 6.07. The van der Waals surface area contributed by atoms with Gasteiger partial charge in [-0.25, -0.2) is 0 Å². The fourth-order valence-electron chi connectivity index (χ4n) is 2.53. The van der Waals surface area contributed by atoms with E-state index in [1.54, 1.807) is 0 Å². The third-order valence-corrected chi connectivity index (χ3v) is 4.11. The first-order valence-corrected chi connectivity index (χ1v) is 6.82. The molecule has 2 saturated heterocycles. The van der Waals surface area contributed by atoms with Crippen LogP contribution in [0.3, 0.4) is 0 Å². The molecule has 0 spiro atoms. The van der Waals surface area contributed by atoms with Crippen molar-refractivity contribution in [3.8, 4) is 0 Å². The van der Waals surface area contributed by atoms with Gasteiger partial charge in [0.2, 0.25) is 11.8 Å². The van der Waals surface area contributed by atoms with Crippen molar-refractivity contribution in [2.45, 2.75) is 39.3 Å². The van der Waals surface area contributed by atoms with Crippen molar-refractivity contribution < 1.29 is 9.59 Å². The molecule has 0 aromatic heterocycles. The molecule has 2 aliphatic heterocycles. The second-order valence-electron chi connectivity index (χ2n) is 5.68. The third-order valence-electron chi connectivity index (χ3n) is 4.11. The molecule has 2 fully saturated rings. The van der Waals surface area contributed by atoms with E-state index in [-0.39, 0.29) is 42.2 Å². The largest absolute Gasteiger partial charge is 0.344 e. The molecule has 5 nitrogen and oxygen atoms in total. The first kappa shape index (κ1) is 16.2. The van der Waals surface area contributed by atoms with E-state index >= 15 is 0 Å². The van der Waals surface area contributed by atoms with Crippen molar-refractivity contribution in [3.05, 3.63) is 0 Å². The lowest BCUT2D eigenvalue weighted by Gasteiger charge is -2.32. The molecule has 0 radical (unpaired) electrons. The Balaban J connectivity index is 0.00000180. The van der Waals surface area contributed by atoms with Crippen molar-refractivity contribution in [3.63, 3.8) is 0 Å². The summed E-state index contributed by atoms with van der Waals surface area (Å²) in [6.45, 7) is 8.52. The van der Waals surface area contributed by atoms with Crippen LogP contribution in [0.2, 0.25) is 0 Å². The van der Waals surface area contributed by atoms with Gasteiger partial charge in [0.1, 0.15) is 6.04 Å². The fraction of sp³-hybridized carbons (Fsp3) is 0.846. The minimum Gasteiger partial charge on any atom is -0.344 e. The molecular formula is C13H24ClN3O2. The van der Waals surface area contributed by atoms with Gasteiger partial charge in [0.25, 0.3) is 0 Å². The van der Waals surface area contributed by atoms with Gasteiger partial charge in [0.15, 0.2) is 0 Å². The van der Waals surface area contributed by atoms with Crippen LogP contribution in [0.25, 0.3) is 0 Å². The average molecular weight is 290 g/mol. The number of likely N-dealkylation sites (tertiary alicyclic amines) is 1. The van der Waals surface area contributed by atoms with Gasteiger partial charge in [0.05, 0.1) is 0 Å². The zero-order valence-electron chi connectivity index (χ0n) is 11.8. The highest BCUT2D eigenvalue weighted by atomic mass is 35.5. The van der Waals surface area contributed by atoms with Crippen LogP contribution in [0.1, 0.15) is 27.2 Å². The molecule has 2 aliphatic rings. The Morgan fingerprint density at radius 3 is 2.42 bits per heavy atom. The molecule has 0 bridgehead atoms. The summed E-state index contributed by atoms with van der Waals surface area (Å²) in [6.07, 6.45) is 0.735. The van der Waals surface area contributed by atoms with Crippen LogP contribution in [0.4, 0.5) is 0 Å². The van der Waals surface area contributed by atoms with Crippen molar-refractivity contribution in [2.75, 3.05) is 19.6 Å². The lowest BCUT2D eigenvalue weighted by atomic mass is 9.88. The van der Waals surface area contributed by atoms with E-state index in [9.17, 15) is 9.59 Å². The van der Waals surface area contributed by atoms with Gasteiger partial charge >= 0.3 is 0 Å². The second kappa shape index (κ2) is 6.57. The van der Waals surface area contributed by atoms with Crippen molar-refractivity contribution in [1.82, 2.24) is 15.5 Å². The molecule has 0 aromatic rings. The monoisotopic (exact) mass is 289 g/mol. The molecule has 2 rings (SSSR count). The second-order valence-corrected chi connectivity index (χ2v) is 5.68. The number of hydrogen-bond acceptors (Lipinski definition) is 3. The lowest BCUT2D eigenvalue weighted by Crippen LogP contribution is -2.52. The van der Waals surface area contributed by atoms with E-state index < -0.39 is 0 Å². The molecule has 2 atom stereocenters. The van der Waals surface area contributed by atoms with Gasteiger partial charge in [-0.2, -0.15) is 0 Å². The Hall–Kier alpha value is -0.810. The molecule has 0 aliphatic carbocycles. The van der Waals surface area contributed by atoms with Crippen molar-refractivity contribution in [2.24, 2.45) is 11.8 Å². The summed E-state index contributed by atoms with van der Waals surface area (Å²) in [7, 11) is 0. The molecule has 6 heteroatoms. The minimum atomic E-state index is -0.310. The van der Waals surface area contributed by atoms with Gasteiger partial charge in [-0.1, -0.05) is 6.92 Å². The molecule has 2 heterocycles. The predicted octanol–water partition coefficient (Wildman–Crippen LogP) is 0.389. The quantitative estimate of drug-likeness (QED) is 0.787. The van der Waals surface area contributed by atoms with E-state index in [1.807, 2.05) is 25.7 Å². The van der Waals surface area contributed by atoms with Crippen molar-refractivity contribution >= 4 is 24.2 Å². The van der Waals surface area contributed by atoms with Crippen LogP contribution in [0, 0.1) is 11.8 Å². The van der Waals surface area contributed by atoms with Gasteiger partial charge in [0, 0.05) is 18.5 Å². The van der Waals surface area contributed by atoms with Gasteiger partial charge in [-0.15, -0.1) is 12.4 Å². The zero-order valence-corrected chi connectivity index (χ0v) is 12.6. The van der Waals surface area contributed by atoms with Crippen LogP contribution in [0.5, 0.6) is 0 Å².